The van der Waals surface area contributed by atoms with Crippen LogP contribution in [0.2, 0.25) is 0 Å². The zero-order chi connectivity index (χ0) is 23.4. The van der Waals surface area contributed by atoms with Gasteiger partial charge in [-0.3, -0.25) is 9.59 Å². The maximum atomic E-state index is 13.0. The lowest BCUT2D eigenvalue weighted by Crippen LogP contribution is -2.51. The molecule has 33 heavy (non-hydrogen) atoms. The zero-order valence-electron chi connectivity index (χ0n) is 18.8. The molecule has 2 aliphatic rings. The van der Waals surface area contributed by atoms with Crippen LogP contribution in [0, 0.1) is 5.92 Å². The Hall–Kier alpha value is -3.35. The summed E-state index contributed by atoms with van der Waals surface area (Å²) >= 11 is 0. The van der Waals surface area contributed by atoms with Gasteiger partial charge in [0.05, 0.1) is 0 Å². The Morgan fingerprint density at radius 2 is 1.73 bits per heavy atom. The molecule has 174 valence electrons. The molecular weight excluding hydrogens is 420 g/mol. The largest absolute Gasteiger partial charge is 0.481 e. The average Bonchev–Trinajstić information content (AvgIpc) is 3.13. The summed E-state index contributed by atoms with van der Waals surface area (Å²) in [5.74, 6) is -0.943. The van der Waals surface area contributed by atoms with E-state index in [2.05, 4.69) is 24.4 Å². The van der Waals surface area contributed by atoms with Crippen LogP contribution in [-0.4, -0.2) is 53.7 Å². The number of alkyl carbamates (subject to hydrolysis) is 1. The summed E-state index contributed by atoms with van der Waals surface area (Å²) < 4.78 is 5.57. The van der Waals surface area contributed by atoms with Gasteiger partial charge in [0.25, 0.3) is 0 Å². The van der Waals surface area contributed by atoms with Crippen LogP contribution in [-0.2, 0) is 14.3 Å². The molecule has 7 heteroatoms. The van der Waals surface area contributed by atoms with Gasteiger partial charge in [-0.15, -0.1) is 0 Å². The molecule has 1 fully saturated rings. The Morgan fingerprint density at radius 3 is 2.33 bits per heavy atom. The van der Waals surface area contributed by atoms with E-state index in [1.807, 2.05) is 36.4 Å². The van der Waals surface area contributed by atoms with Gasteiger partial charge in [-0.25, -0.2) is 4.79 Å². The van der Waals surface area contributed by atoms with E-state index >= 15 is 0 Å². The second-order valence-electron chi connectivity index (χ2n) is 8.99. The fourth-order valence-corrected chi connectivity index (χ4v) is 4.92. The first-order chi connectivity index (χ1) is 15.9. The number of piperidine rings is 1. The minimum absolute atomic E-state index is 0.0310. The fraction of sp³-hybridized carbons (Fsp3) is 0.423. The number of nitrogens with one attached hydrogen (secondary N) is 1. The number of carbonyl (C=O) groups is 3. The normalized spacial score (nSPS) is 18.2. The van der Waals surface area contributed by atoms with Crippen molar-refractivity contribution in [2.75, 3.05) is 19.7 Å². The Kier molecular flexibility index (Phi) is 6.96. The number of aliphatic carboxylic acids is 1. The molecule has 0 aromatic heterocycles. The summed E-state index contributed by atoms with van der Waals surface area (Å²) in [4.78, 5) is 38.6. The van der Waals surface area contributed by atoms with Crippen LogP contribution in [0.15, 0.2) is 48.5 Å². The van der Waals surface area contributed by atoms with Crippen molar-refractivity contribution in [1.29, 1.82) is 0 Å². The molecule has 2 atom stereocenters. The van der Waals surface area contributed by atoms with Gasteiger partial charge in [-0.2, -0.15) is 0 Å². The molecule has 1 saturated heterocycles. The SMILES string of the molecule is CC1CCCN(C(=O)C(CCC(=O)O)NC(=O)OCC2c3ccccc3-c3ccccc32)C1. The lowest BCUT2D eigenvalue weighted by molar-refractivity contribution is -0.138. The number of carbonyl (C=O) groups excluding carboxylic acids is 2. The Morgan fingerprint density at radius 1 is 1.09 bits per heavy atom. The average molecular weight is 451 g/mol. The van der Waals surface area contributed by atoms with E-state index in [9.17, 15) is 14.4 Å². The number of ether oxygens (including phenoxy) is 1. The first-order valence-corrected chi connectivity index (χ1v) is 11.6. The van der Waals surface area contributed by atoms with E-state index in [0.717, 1.165) is 35.1 Å². The standard InChI is InChI=1S/C26H30N2O5/c1-17-7-6-14-28(15-17)25(31)23(12-13-24(29)30)27-26(32)33-16-22-20-10-4-2-8-18(20)19-9-3-5-11-21(19)22/h2-5,8-11,17,22-23H,6-7,12-16H2,1H3,(H,27,32)(H,29,30). The van der Waals surface area contributed by atoms with Crippen LogP contribution in [0.3, 0.4) is 0 Å². The molecule has 2 amide bonds. The predicted molar refractivity (Wildman–Crippen MR) is 124 cm³/mol. The van der Waals surface area contributed by atoms with Gasteiger partial charge in [-0.05, 0) is 47.4 Å². The summed E-state index contributed by atoms with van der Waals surface area (Å²) in [5.41, 5.74) is 4.48. The number of hydrogen-bond acceptors (Lipinski definition) is 4. The fourth-order valence-electron chi connectivity index (χ4n) is 4.92. The Bertz CT molecular complexity index is 991. The van der Waals surface area contributed by atoms with Crippen molar-refractivity contribution in [3.8, 4) is 11.1 Å². The van der Waals surface area contributed by atoms with Crippen molar-refractivity contribution < 1.29 is 24.2 Å². The molecule has 0 radical (unpaired) electrons. The molecule has 0 bridgehead atoms. The first kappa shape index (κ1) is 22.8. The Labute approximate surface area is 193 Å². The number of nitrogens with zero attached hydrogens (tertiary/aromatic N) is 1. The van der Waals surface area contributed by atoms with Gasteiger partial charge in [0.1, 0.15) is 12.6 Å². The highest BCUT2D eigenvalue weighted by molar-refractivity contribution is 5.86. The minimum Gasteiger partial charge on any atom is -0.481 e. The quantitative estimate of drug-likeness (QED) is 0.664. The highest BCUT2D eigenvalue weighted by atomic mass is 16.5. The number of fused-ring (bicyclic) bond motifs is 3. The highest BCUT2D eigenvalue weighted by Gasteiger charge is 2.32. The van der Waals surface area contributed by atoms with E-state index < -0.39 is 18.1 Å². The van der Waals surface area contributed by atoms with Gasteiger partial charge in [-0.1, -0.05) is 55.5 Å². The minimum atomic E-state index is -1.01. The van der Waals surface area contributed by atoms with E-state index in [1.54, 1.807) is 4.90 Å². The summed E-state index contributed by atoms with van der Waals surface area (Å²) in [6.45, 7) is 3.47. The number of carboxylic acid groups (broad SMARTS) is 1. The molecule has 2 unspecified atom stereocenters. The number of carboxylic acids is 1. The molecule has 1 aliphatic carbocycles. The van der Waals surface area contributed by atoms with Gasteiger partial charge in [0.15, 0.2) is 0 Å². The van der Waals surface area contributed by atoms with E-state index in [0.29, 0.717) is 19.0 Å². The molecule has 2 N–H and O–H groups in total. The van der Waals surface area contributed by atoms with E-state index in [1.165, 1.54) is 0 Å². The maximum absolute atomic E-state index is 13.0. The summed E-state index contributed by atoms with van der Waals surface area (Å²) in [6, 6.07) is 15.2. The van der Waals surface area contributed by atoms with Crippen molar-refractivity contribution >= 4 is 18.0 Å². The summed E-state index contributed by atoms with van der Waals surface area (Å²) in [6.07, 6.45) is 1.09. The molecule has 2 aromatic rings. The molecule has 0 saturated carbocycles. The van der Waals surface area contributed by atoms with Gasteiger partial charge in [0.2, 0.25) is 5.91 Å². The van der Waals surface area contributed by atoms with Crippen LogP contribution in [0.4, 0.5) is 4.79 Å². The van der Waals surface area contributed by atoms with Crippen molar-refractivity contribution in [3.05, 3.63) is 59.7 Å². The topological polar surface area (TPSA) is 95.9 Å². The molecule has 1 heterocycles. The molecule has 2 aromatic carbocycles. The lowest BCUT2D eigenvalue weighted by atomic mass is 9.98. The molecule has 4 rings (SSSR count). The van der Waals surface area contributed by atoms with Crippen LogP contribution in [0.5, 0.6) is 0 Å². The van der Waals surface area contributed by atoms with Gasteiger partial charge in [0, 0.05) is 25.4 Å². The van der Waals surface area contributed by atoms with E-state index in [4.69, 9.17) is 9.84 Å². The number of hydrogen-bond donors (Lipinski definition) is 2. The molecular formula is C26H30N2O5. The van der Waals surface area contributed by atoms with Crippen LogP contribution in [0.1, 0.15) is 49.7 Å². The number of benzene rings is 2. The third-order valence-corrected chi connectivity index (χ3v) is 6.55. The van der Waals surface area contributed by atoms with Crippen LogP contribution >= 0.6 is 0 Å². The number of amides is 2. The van der Waals surface area contributed by atoms with E-state index in [-0.39, 0.29) is 31.3 Å². The first-order valence-electron chi connectivity index (χ1n) is 11.6. The third-order valence-electron chi connectivity index (χ3n) is 6.55. The van der Waals surface area contributed by atoms with Crippen molar-refractivity contribution in [2.45, 2.75) is 44.6 Å². The molecule has 1 aliphatic heterocycles. The Balaban J connectivity index is 1.42. The predicted octanol–water partition coefficient (Wildman–Crippen LogP) is 4.02. The van der Waals surface area contributed by atoms with Crippen LogP contribution < -0.4 is 5.32 Å². The highest BCUT2D eigenvalue weighted by Crippen LogP contribution is 2.44. The van der Waals surface area contributed by atoms with Crippen LogP contribution in [0.25, 0.3) is 11.1 Å². The number of likely N-dealkylation sites (tertiary alicyclic amines) is 1. The number of rotatable bonds is 7. The zero-order valence-corrected chi connectivity index (χ0v) is 18.8. The monoisotopic (exact) mass is 450 g/mol. The summed E-state index contributed by atoms with van der Waals surface area (Å²) in [7, 11) is 0. The van der Waals surface area contributed by atoms with Crippen molar-refractivity contribution in [2.24, 2.45) is 5.92 Å². The third kappa shape index (κ3) is 5.18. The van der Waals surface area contributed by atoms with Crippen molar-refractivity contribution in [3.63, 3.8) is 0 Å². The second kappa shape index (κ2) is 10.1. The van der Waals surface area contributed by atoms with Gasteiger partial charge < -0.3 is 20.1 Å². The maximum Gasteiger partial charge on any atom is 0.407 e. The smallest absolute Gasteiger partial charge is 0.407 e. The summed E-state index contributed by atoms with van der Waals surface area (Å²) in [5, 5.41) is 11.7. The second-order valence-corrected chi connectivity index (χ2v) is 8.99. The lowest BCUT2D eigenvalue weighted by Gasteiger charge is -2.33. The molecule has 7 nitrogen and oxygen atoms in total. The van der Waals surface area contributed by atoms with Gasteiger partial charge >= 0.3 is 12.1 Å². The molecule has 0 spiro atoms. The van der Waals surface area contributed by atoms with Crippen molar-refractivity contribution in [1.82, 2.24) is 10.2 Å².